The van der Waals surface area contributed by atoms with Crippen LogP contribution in [0, 0.1) is 0 Å². The molecule has 2 rings (SSSR count). The summed E-state index contributed by atoms with van der Waals surface area (Å²) in [6.07, 6.45) is 1.86. The average Bonchev–Trinajstić information content (AvgIpc) is 2.37. The van der Waals surface area contributed by atoms with Crippen LogP contribution >= 0.6 is 11.8 Å². The van der Waals surface area contributed by atoms with E-state index >= 15 is 0 Å². The second kappa shape index (κ2) is 5.68. The number of thioether (sulfide) groups is 1. The standard InChI is InChI=1S/C13H15N3S/c1-3-9-17-13-15-11-8-6-5-7-10(11)12(16-13)14-4-2/h3,5-8H,1,4,9H2,2H3,(H,14,15,16). The molecule has 1 N–H and O–H groups in total. The molecule has 0 bridgehead atoms. The Bertz CT molecular complexity index is 525. The molecule has 0 unspecified atom stereocenters. The van der Waals surface area contributed by atoms with Crippen molar-refractivity contribution in [1.29, 1.82) is 0 Å². The van der Waals surface area contributed by atoms with E-state index < -0.39 is 0 Å². The van der Waals surface area contributed by atoms with Crippen molar-refractivity contribution < 1.29 is 0 Å². The van der Waals surface area contributed by atoms with Gasteiger partial charge < -0.3 is 5.32 Å². The number of benzene rings is 1. The van der Waals surface area contributed by atoms with Crippen molar-refractivity contribution in [2.45, 2.75) is 12.1 Å². The Morgan fingerprint density at radius 3 is 2.94 bits per heavy atom. The molecule has 0 radical (unpaired) electrons. The molecule has 3 nitrogen and oxygen atoms in total. The van der Waals surface area contributed by atoms with E-state index in [2.05, 4.69) is 28.8 Å². The van der Waals surface area contributed by atoms with Crippen molar-refractivity contribution in [2.75, 3.05) is 17.6 Å². The van der Waals surface area contributed by atoms with Gasteiger partial charge in [-0.05, 0) is 19.1 Å². The fourth-order valence-electron chi connectivity index (χ4n) is 1.56. The molecule has 88 valence electrons. The van der Waals surface area contributed by atoms with E-state index in [1.54, 1.807) is 11.8 Å². The topological polar surface area (TPSA) is 37.8 Å². The van der Waals surface area contributed by atoms with Crippen molar-refractivity contribution in [3.05, 3.63) is 36.9 Å². The van der Waals surface area contributed by atoms with Gasteiger partial charge in [-0.25, -0.2) is 9.97 Å². The fourth-order valence-corrected chi connectivity index (χ4v) is 2.14. The van der Waals surface area contributed by atoms with Gasteiger partial charge in [-0.1, -0.05) is 30.0 Å². The van der Waals surface area contributed by atoms with Crippen LogP contribution in [0.2, 0.25) is 0 Å². The maximum Gasteiger partial charge on any atom is 0.190 e. The Hall–Kier alpha value is -1.55. The molecule has 1 aromatic carbocycles. The van der Waals surface area contributed by atoms with Crippen molar-refractivity contribution in [1.82, 2.24) is 9.97 Å². The smallest absolute Gasteiger partial charge is 0.190 e. The van der Waals surface area contributed by atoms with Gasteiger partial charge in [0.1, 0.15) is 5.82 Å². The van der Waals surface area contributed by atoms with E-state index in [1.165, 1.54) is 0 Å². The molecular weight excluding hydrogens is 230 g/mol. The minimum absolute atomic E-state index is 0.791. The largest absolute Gasteiger partial charge is 0.370 e. The van der Waals surface area contributed by atoms with Crippen LogP contribution in [0.5, 0.6) is 0 Å². The lowest BCUT2D eigenvalue weighted by Crippen LogP contribution is -2.02. The van der Waals surface area contributed by atoms with Crippen LogP contribution in [-0.4, -0.2) is 22.3 Å². The first-order valence-corrected chi connectivity index (χ1v) is 6.58. The Morgan fingerprint density at radius 1 is 1.35 bits per heavy atom. The average molecular weight is 245 g/mol. The molecule has 0 aliphatic carbocycles. The van der Waals surface area contributed by atoms with Gasteiger partial charge in [0.25, 0.3) is 0 Å². The van der Waals surface area contributed by atoms with Crippen molar-refractivity contribution in [2.24, 2.45) is 0 Å². The van der Waals surface area contributed by atoms with Crippen LogP contribution in [-0.2, 0) is 0 Å². The van der Waals surface area contributed by atoms with E-state index in [-0.39, 0.29) is 0 Å². The Kier molecular flexibility index (Phi) is 3.98. The van der Waals surface area contributed by atoms with Crippen LogP contribution in [0.25, 0.3) is 10.9 Å². The molecule has 4 heteroatoms. The quantitative estimate of drug-likeness (QED) is 0.498. The van der Waals surface area contributed by atoms with Gasteiger partial charge in [-0.3, -0.25) is 0 Å². The third kappa shape index (κ3) is 2.77. The number of para-hydroxylation sites is 1. The van der Waals surface area contributed by atoms with Crippen LogP contribution in [0.15, 0.2) is 42.1 Å². The lowest BCUT2D eigenvalue weighted by molar-refractivity contribution is 0.994. The van der Waals surface area contributed by atoms with Gasteiger partial charge in [0, 0.05) is 17.7 Å². The molecule has 0 saturated heterocycles. The lowest BCUT2D eigenvalue weighted by Gasteiger charge is -2.08. The summed E-state index contributed by atoms with van der Waals surface area (Å²) in [7, 11) is 0. The summed E-state index contributed by atoms with van der Waals surface area (Å²) < 4.78 is 0. The highest BCUT2D eigenvalue weighted by Gasteiger charge is 2.06. The highest BCUT2D eigenvalue weighted by Crippen LogP contribution is 2.24. The maximum absolute atomic E-state index is 4.52. The number of nitrogens with one attached hydrogen (secondary N) is 1. The van der Waals surface area contributed by atoms with Gasteiger partial charge in [0.15, 0.2) is 5.16 Å². The zero-order chi connectivity index (χ0) is 12.1. The maximum atomic E-state index is 4.52. The van der Waals surface area contributed by atoms with Crippen LogP contribution < -0.4 is 5.32 Å². The highest BCUT2D eigenvalue weighted by molar-refractivity contribution is 7.99. The first kappa shape index (κ1) is 11.9. The van der Waals surface area contributed by atoms with Gasteiger partial charge in [0.2, 0.25) is 0 Å². The van der Waals surface area contributed by atoms with E-state index in [4.69, 9.17) is 0 Å². The molecule has 1 heterocycles. The third-order valence-electron chi connectivity index (χ3n) is 2.26. The number of hydrogen-bond acceptors (Lipinski definition) is 4. The van der Waals surface area contributed by atoms with E-state index in [1.807, 2.05) is 30.3 Å². The predicted molar refractivity (Wildman–Crippen MR) is 74.6 cm³/mol. The van der Waals surface area contributed by atoms with Crippen LogP contribution in [0.4, 0.5) is 5.82 Å². The zero-order valence-corrected chi connectivity index (χ0v) is 10.6. The van der Waals surface area contributed by atoms with E-state index in [9.17, 15) is 0 Å². The molecule has 0 atom stereocenters. The van der Waals surface area contributed by atoms with Gasteiger partial charge in [-0.15, -0.1) is 6.58 Å². The number of nitrogens with zero attached hydrogens (tertiary/aromatic N) is 2. The van der Waals surface area contributed by atoms with Crippen LogP contribution in [0.3, 0.4) is 0 Å². The molecule has 2 aromatic rings. The van der Waals surface area contributed by atoms with Crippen molar-refractivity contribution in [3.63, 3.8) is 0 Å². The van der Waals surface area contributed by atoms with Gasteiger partial charge >= 0.3 is 0 Å². The monoisotopic (exact) mass is 245 g/mol. The summed E-state index contributed by atoms with van der Waals surface area (Å²) in [6, 6.07) is 8.04. The number of aromatic nitrogens is 2. The Morgan fingerprint density at radius 2 is 2.18 bits per heavy atom. The first-order chi connectivity index (χ1) is 8.35. The van der Waals surface area contributed by atoms with Crippen LogP contribution in [0.1, 0.15) is 6.92 Å². The molecule has 1 aromatic heterocycles. The molecule has 17 heavy (non-hydrogen) atoms. The van der Waals surface area contributed by atoms with E-state index in [0.29, 0.717) is 0 Å². The summed E-state index contributed by atoms with van der Waals surface area (Å²) in [6.45, 7) is 6.62. The second-order valence-electron chi connectivity index (χ2n) is 3.50. The number of fused-ring (bicyclic) bond motifs is 1. The molecule has 0 spiro atoms. The SMILES string of the molecule is C=CCSc1nc(NCC)c2ccccc2n1. The second-order valence-corrected chi connectivity index (χ2v) is 4.49. The first-order valence-electron chi connectivity index (χ1n) is 5.59. The van der Waals surface area contributed by atoms with E-state index in [0.717, 1.165) is 34.2 Å². The zero-order valence-electron chi connectivity index (χ0n) is 9.81. The third-order valence-corrected chi connectivity index (χ3v) is 3.10. The molecule has 0 saturated carbocycles. The minimum atomic E-state index is 0.791. The summed E-state index contributed by atoms with van der Waals surface area (Å²) >= 11 is 1.60. The summed E-state index contributed by atoms with van der Waals surface area (Å²) in [5, 5.41) is 5.14. The molecule has 0 aliphatic heterocycles. The van der Waals surface area contributed by atoms with Gasteiger partial charge in [-0.2, -0.15) is 0 Å². The number of hydrogen-bond donors (Lipinski definition) is 1. The molecular formula is C13H15N3S. The summed E-state index contributed by atoms with van der Waals surface area (Å²) in [5.41, 5.74) is 0.977. The van der Waals surface area contributed by atoms with Gasteiger partial charge in [0.05, 0.1) is 5.52 Å². The van der Waals surface area contributed by atoms with Crippen molar-refractivity contribution >= 4 is 28.5 Å². The predicted octanol–water partition coefficient (Wildman–Crippen LogP) is 3.34. The summed E-state index contributed by atoms with van der Waals surface area (Å²) in [5.74, 6) is 1.73. The minimum Gasteiger partial charge on any atom is -0.370 e. The molecule has 0 aliphatic rings. The Balaban J connectivity index is 2.46. The normalized spacial score (nSPS) is 10.4. The number of rotatable bonds is 5. The fraction of sp³-hybridized carbons (Fsp3) is 0.231. The highest BCUT2D eigenvalue weighted by atomic mass is 32.2. The Labute approximate surface area is 105 Å². The summed E-state index contributed by atoms with van der Waals surface area (Å²) in [4.78, 5) is 9.04. The number of anilines is 1. The van der Waals surface area contributed by atoms with Crippen molar-refractivity contribution in [3.8, 4) is 0 Å². The molecule has 0 amide bonds. The molecule has 0 fully saturated rings. The lowest BCUT2D eigenvalue weighted by atomic mass is 10.2.